The number of likely N-dealkylation sites (tertiary alicyclic amines) is 1. The summed E-state index contributed by atoms with van der Waals surface area (Å²) < 4.78 is 5.23. The second kappa shape index (κ2) is 7.78. The van der Waals surface area contributed by atoms with Gasteiger partial charge in [-0.3, -0.25) is 0 Å². The van der Waals surface area contributed by atoms with Gasteiger partial charge in [0.05, 0.1) is 7.11 Å². The van der Waals surface area contributed by atoms with E-state index in [1.54, 1.807) is 7.11 Å². The number of rotatable bonds is 6. The Morgan fingerprint density at radius 3 is 2.43 bits per heavy atom. The molecule has 4 heteroatoms. The molecule has 0 aliphatic carbocycles. The van der Waals surface area contributed by atoms with Crippen molar-refractivity contribution in [3.05, 3.63) is 29.8 Å². The molecule has 1 aliphatic rings. The molecule has 1 aromatic rings. The molecule has 1 atom stereocenters. The zero-order valence-corrected chi connectivity index (χ0v) is 13.8. The molecule has 1 saturated heterocycles. The quantitative estimate of drug-likeness (QED) is 0.867. The van der Waals surface area contributed by atoms with Crippen molar-refractivity contribution < 1.29 is 4.74 Å². The zero-order chi connectivity index (χ0) is 15.2. The van der Waals surface area contributed by atoms with Crippen molar-refractivity contribution in [2.24, 2.45) is 0 Å². The molecule has 1 aromatic carbocycles. The molecule has 0 saturated carbocycles. The van der Waals surface area contributed by atoms with E-state index in [1.165, 1.54) is 31.5 Å². The molecule has 0 aromatic heterocycles. The molecule has 0 amide bonds. The van der Waals surface area contributed by atoms with Crippen molar-refractivity contribution in [3.8, 4) is 5.75 Å². The maximum Gasteiger partial charge on any atom is 0.118 e. The maximum atomic E-state index is 5.23. The van der Waals surface area contributed by atoms with Crippen LogP contribution < -0.4 is 10.1 Å². The monoisotopic (exact) mass is 291 g/mol. The maximum absolute atomic E-state index is 5.23. The number of ether oxygens (including phenoxy) is 1. The third-order valence-corrected chi connectivity index (χ3v) is 4.65. The summed E-state index contributed by atoms with van der Waals surface area (Å²) in [5.41, 5.74) is 1.32. The summed E-state index contributed by atoms with van der Waals surface area (Å²) in [5.74, 6) is 0.914. The van der Waals surface area contributed by atoms with Crippen LogP contribution >= 0.6 is 0 Å². The Balaban J connectivity index is 1.94. The summed E-state index contributed by atoms with van der Waals surface area (Å²) in [6.07, 6.45) is 2.54. The van der Waals surface area contributed by atoms with Gasteiger partial charge in [-0.05, 0) is 64.8 Å². The molecular weight excluding hydrogens is 262 g/mol. The minimum absolute atomic E-state index is 0.362. The Bertz CT molecular complexity index is 413. The fourth-order valence-corrected chi connectivity index (χ4v) is 3.07. The van der Waals surface area contributed by atoms with Gasteiger partial charge >= 0.3 is 0 Å². The third-order valence-electron chi connectivity index (χ3n) is 4.65. The summed E-state index contributed by atoms with van der Waals surface area (Å²) >= 11 is 0. The van der Waals surface area contributed by atoms with Crippen molar-refractivity contribution in [1.82, 2.24) is 15.1 Å². The minimum atomic E-state index is 0.362. The summed E-state index contributed by atoms with van der Waals surface area (Å²) in [6.45, 7) is 3.46. The van der Waals surface area contributed by atoms with Gasteiger partial charge in [0.2, 0.25) is 0 Å². The SMILES string of the molecule is CNC(CN(C)C1CCN(C)CC1)c1ccc(OC)cc1. The second-order valence-electron chi connectivity index (χ2n) is 6.09. The van der Waals surface area contributed by atoms with Crippen LogP contribution in [0.25, 0.3) is 0 Å². The number of likely N-dealkylation sites (N-methyl/N-ethyl adjacent to an activating group) is 2. The molecular formula is C17H29N3O. The van der Waals surface area contributed by atoms with Gasteiger partial charge in [-0.2, -0.15) is 0 Å². The number of nitrogens with one attached hydrogen (secondary N) is 1. The highest BCUT2D eigenvalue weighted by Crippen LogP contribution is 2.21. The van der Waals surface area contributed by atoms with Crippen LogP contribution in [0.15, 0.2) is 24.3 Å². The number of benzene rings is 1. The Kier molecular flexibility index (Phi) is 6.03. The smallest absolute Gasteiger partial charge is 0.118 e. The predicted molar refractivity (Wildman–Crippen MR) is 87.9 cm³/mol. The van der Waals surface area contributed by atoms with Gasteiger partial charge in [0.1, 0.15) is 5.75 Å². The second-order valence-corrected chi connectivity index (χ2v) is 6.09. The van der Waals surface area contributed by atoms with Crippen LogP contribution in [0.2, 0.25) is 0 Å². The van der Waals surface area contributed by atoms with E-state index < -0.39 is 0 Å². The van der Waals surface area contributed by atoms with Crippen LogP contribution in [0, 0.1) is 0 Å². The summed E-state index contributed by atoms with van der Waals surface area (Å²) in [6, 6.07) is 9.45. The van der Waals surface area contributed by atoms with Gasteiger partial charge in [0.25, 0.3) is 0 Å². The molecule has 0 radical (unpaired) electrons. The number of nitrogens with zero attached hydrogens (tertiary/aromatic N) is 2. The fraction of sp³-hybridized carbons (Fsp3) is 0.647. The molecule has 0 bridgehead atoms. The molecule has 1 N–H and O–H groups in total. The number of piperidine rings is 1. The lowest BCUT2D eigenvalue weighted by molar-refractivity contribution is 0.135. The van der Waals surface area contributed by atoms with Crippen molar-refractivity contribution in [3.63, 3.8) is 0 Å². The first-order chi connectivity index (χ1) is 10.1. The molecule has 1 unspecified atom stereocenters. The third kappa shape index (κ3) is 4.43. The van der Waals surface area contributed by atoms with E-state index in [4.69, 9.17) is 4.74 Å². The Labute approximate surface area is 129 Å². The topological polar surface area (TPSA) is 27.7 Å². The van der Waals surface area contributed by atoms with E-state index in [0.717, 1.165) is 12.3 Å². The van der Waals surface area contributed by atoms with Gasteiger partial charge in [-0.1, -0.05) is 12.1 Å². The Hall–Kier alpha value is -1.10. The van der Waals surface area contributed by atoms with Gasteiger partial charge in [-0.15, -0.1) is 0 Å². The first kappa shape index (κ1) is 16.3. The summed E-state index contributed by atoms with van der Waals surface area (Å²) in [7, 11) is 8.21. The normalized spacial score (nSPS) is 18.9. The lowest BCUT2D eigenvalue weighted by atomic mass is 10.0. The first-order valence-corrected chi connectivity index (χ1v) is 7.84. The molecule has 21 heavy (non-hydrogen) atoms. The Morgan fingerprint density at radius 2 is 1.90 bits per heavy atom. The molecule has 4 nitrogen and oxygen atoms in total. The summed E-state index contributed by atoms with van der Waals surface area (Å²) in [4.78, 5) is 4.93. The minimum Gasteiger partial charge on any atom is -0.497 e. The average Bonchev–Trinajstić information content (AvgIpc) is 2.53. The van der Waals surface area contributed by atoms with Gasteiger partial charge in [0, 0.05) is 18.6 Å². The van der Waals surface area contributed by atoms with Crippen molar-refractivity contribution in [2.45, 2.75) is 24.9 Å². The van der Waals surface area contributed by atoms with E-state index in [0.29, 0.717) is 12.1 Å². The van der Waals surface area contributed by atoms with Crippen molar-refractivity contribution in [2.75, 3.05) is 47.9 Å². The fourth-order valence-electron chi connectivity index (χ4n) is 3.07. The lowest BCUT2D eigenvalue weighted by Gasteiger charge is -2.36. The number of methoxy groups -OCH3 is 1. The van der Waals surface area contributed by atoms with Gasteiger partial charge in [-0.25, -0.2) is 0 Å². The highest BCUT2D eigenvalue weighted by atomic mass is 16.5. The highest BCUT2D eigenvalue weighted by molar-refractivity contribution is 5.29. The highest BCUT2D eigenvalue weighted by Gasteiger charge is 2.22. The standard InChI is InChI=1S/C17H29N3O/c1-18-17(14-5-7-16(21-4)8-6-14)13-20(3)15-9-11-19(2)12-10-15/h5-8,15,17-18H,9-13H2,1-4H3. The first-order valence-electron chi connectivity index (χ1n) is 7.84. The zero-order valence-electron chi connectivity index (χ0n) is 13.8. The summed E-state index contributed by atoms with van der Waals surface area (Å²) in [5, 5.41) is 3.44. The molecule has 1 fully saturated rings. The van der Waals surface area contributed by atoms with E-state index >= 15 is 0 Å². The van der Waals surface area contributed by atoms with Gasteiger partial charge < -0.3 is 19.9 Å². The van der Waals surface area contributed by atoms with Crippen LogP contribution in [0.1, 0.15) is 24.4 Å². The number of hydrogen-bond donors (Lipinski definition) is 1. The largest absolute Gasteiger partial charge is 0.497 e. The van der Waals surface area contributed by atoms with Gasteiger partial charge in [0.15, 0.2) is 0 Å². The predicted octanol–water partition coefficient (Wildman–Crippen LogP) is 1.98. The molecule has 118 valence electrons. The van der Waals surface area contributed by atoms with E-state index in [2.05, 4.69) is 41.3 Å². The number of hydrogen-bond acceptors (Lipinski definition) is 4. The van der Waals surface area contributed by atoms with Crippen LogP contribution in [0.4, 0.5) is 0 Å². The van der Waals surface area contributed by atoms with E-state index in [9.17, 15) is 0 Å². The van der Waals surface area contributed by atoms with Crippen LogP contribution in [0.5, 0.6) is 5.75 Å². The van der Waals surface area contributed by atoms with Crippen LogP contribution in [0.3, 0.4) is 0 Å². The molecule has 0 spiro atoms. The van der Waals surface area contributed by atoms with Crippen LogP contribution in [-0.4, -0.2) is 63.7 Å². The van der Waals surface area contributed by atoms with Crippen LogP contribution in [-0.2, 0) is 0 Å². The van der Waals surface area contributed by atoms with E-state index in [-0.39, 0.29) is 0 Å². The van der Waals surface area contributed by atoms with Crippen molar-refractivity contribution >= 4 is 0 Å². The average molecular weight is 291 g/mol. The molecule has 2 rings (SSSR count). The molecule has 1 aliphatic heterocycles. The van der Waals surface area contributed by atoms with Crippen molar-refractivity contribution in [1.29, 1.82) is 0 Å². The Morgan fingerprint density at radius 1 is 1.29 bits per heavy atom. The lowest BCUT2D eigenvalue weighted by Crippen LogP contribution is -2.44. The molecule has 1 heterocycles. The van der Waals surface area contributed by atoms with E-state index in [1.807, 2.05) is 19.2 Å².